The van der Waals surface area contributed by atoms with Crippen molar-refractivity contribution in [2.45, 2.75) is 39.7 Å². The van der Waals surface area contributed by atoms with E-state index in [1.54, 1.807) is 0 Å². The lowest BCUT2D eigenvalue weighted by molar-refractivity contribution is 0.0520. The number of benzene rings is 1. The summed E-state index contributed by atoms with van der Waals surface area (Å²) in [5.74, 6) is 0.213. The monoisotopic (exact) mass is 278 g/mol. The van der Waals surface area contributed by atoms with E-state index < -0.39 is 5.60 Å². The number of hydrogen-bond donors (Lipinski definition) is 2. The Kier molecular flexibility index (Phi) is 6.02. The summed E-state index contributed by atoms with van der Waals surface area (Å²) in [5.41, 5.74) is 7.77. The molecule has 4 heteroatoms. The summed E-state index contributed by atoms with van der Waals surface area (Å²) in [6.45, 7) is 8.66. The van der Waals surface area contributed by atoms with Crippen LogP contribution in [0.15, 0.2) is 24.3 Å². The summed E-state index contributed by atoms with van der Waals surface area (Å²) in [5, 5.41) is 2.78. The molecule has 3 N–H and O–H groups in total. The van der Waals surface area contributed by atoms with Crippen LogP contribution in [0, 0.1) is 12.8 Å². The second kappa shape index (κ2) is 7.29. The van der Waals surface area contributed by atoms with Gasteiger partial charge < -0.3 is 15.8 Å². The molecule has 20 heavy (non-hydrogen) atoms. The normalized spacial score (nSPS) is 12.8. The second-order valence-corrected chi connectivity index (χ2v) is 6.17. The van der Waals surface area contributed by atoms with Gasteiger partial charge in [0.15, 0.2) is 0 Å². The van der Waals surface area contributed by atoms with Gasteiger partial charge >= 0.3 is 6.09 Å². The van der Waals surface area contributed by atoms with Gasteiger partial charge in [0.25, 0.3) is 0 Å². The number of nitrogens with two attached hydrogens (primary N) is 1. The maximum Gasteiger partial charge on any atom is 0.407 e. The Hall–Kier alpha value is -1.55. The molecule has 0 bridgehead atoms. The molecule has 0 aliphatic heterocycles. The average Bonchev–Trinajstić information content (AvgIpc) is 2.34. The molecule has 0 radical (unpaired) electrons. The zero-order valence-corrected chi connectivity index (χ0v) is 12.9. The fourth-order valence-corrected chi connectivity index (χ4v) is 1.84. The van der Waals surface area contributed by atoms with E-state index in [2.05, 4.69) is 36.5 Å². The molecule has 112 valence electrons. The first-order valence-corrected chi connectivity index (χ1v) is 7.02. The van der Waals surface area contributed by atoms with Crippen molar-refractivity contribution in [1.29, 1.82) is 0 Å². The third-order valence-corrected chi connectivity index (χ3v) is 2.91. The molecule has 0 saturated heterocycles. The second-order valence-electron chi connectivity index (χ2n) is 6.17. The number of aryl methyl sites for hydroxylation is 1. The Bertz CT molecular complexity index is 421. The minimum Gasteiger partial charge on any atom is -0.444 e. The zero-order chi connectivity index (χ0) is 15.2. The highest BCUT2D eigenvalue weighted by Crippen LogP contribution is 2.10. The van der Waals surface area contributed by atoms with Crippen LogP contribution >= 0.6 is 0 Å². The van der Waals surface area contributed by atoms with Gasteiger partial charge in [0.1, 0.15) is 5.60 Å². The Morgan fingerprint density at radius 3 is 2.40 bits per heavy atom. The lowest BCUT2D eigenvalue weighted by Crippen LogP contribution is -2.37. The van der Waals surface area contributed by atoms with Crippen LogP contribution in [0.1, 0.15) is 31.9 Å². The largest absolute Gasteiger partial charge is 0.444 e. The van der Waals surface area contributed by atoms with E-state index in [-0.39, 0.29) is 12.0 Å². The predicted octanol–water partition coefficient (Wildman–Crippen LogP) is 2.64. The number of carbonyl (C=O) groups excluding carboxylic acids is 1. The minimum atomic E-state index is -0.473. The van der Waals surface area contributed by atoms with Crippen LogP contribution in [0.5, 0.6) is 0 Å². The zero-order valence-electron chi connectivity index (χ0n) is 12.9. The molecule has 1 rings (SSSR count). The summed E-state index contributed by atoms with van der Waals surface area (Å²) in [6.07, 6.45) is 0.465. The Morgan fingerprint density at radius 1 is 1.30 bits per heavy atom. The van der Waals surface area contributed by atoms with Gasteiger partial charge in [-0.15, -0.1) is 0 Å². The molecule has 4 nitrogen and oxygen atoms in total. The summed E-state index contributed by atoms with van der Waals surface area (Å²) in [7, 11) is 0. The number of ether oxygens (including phenoxy) is 1. The predicted molar refractivity (Wildman–Crippen MR) is 81.7 cm³/mol. The quantitative estimate of drug-likeness (QED) is 0.870. The van der Waals surface area contributed by atoms with E-state index in [4.69, 9.17) is 10.5 Å². The summed E-state index contributed by atoms with van der Waals surface area (Å²) in [6, 6.07) is 8.38. The molecule has 1 unspecified atom stereocenters. The molecule has 0 aliphatic rings. The van der Waals surface area contributed by atoms with Crippen molar-refractivity contribution in [3.8, 4) is 0 Å². The first kappa shape index (κ1) is 16.5. The van der Waals surface area contributed by atoms with Crippen LogP contribution in [0.3, 0.4) is 0 Å². The first-order chi connectivity index (χ1) is 9.30. The number of rotatable bonds is 5. The fourth-order valence-electron chi connectivity index (χ4n) is 1.84. The highest BCUT2D eigenvalue weighted by molar-refractivity contribution is 5.67. The topological polar surface area (TPSA) is 64.3 Å². The lowest BCUT2D eigenvalue weighted by Gasteiger charge is -2.21. The minimum absolute atomic E-state index is 0.213. The Morgan fingerprint density at radius 2 is 1.90 bits per heavy atom. The van der Waals surface area contributed by atoms with E-state index in [1.807, 2.05) is 20.8 Å². The first-order valence-electron chi connectivity index (χ1n) is 7.02. The van der Waals surface area contributed by atoms with Gasteiger partial charge in [-0.3, -0.25) is 0 Å². The summed E-state index contributed by atoms with van der Waals surface area (Å²) < 4.78 is 5.21. The van der Waals surface area contributed by atoms with E-state index in [0.717, 1.165) is 6.42 Å². The molecule has 0 fully saturated rings. The average molecular weight is 278 g/mol. The highest BCUT2D eigenvalue weighted by Gasteiger charge is 2.17. The molecular formula is C16H26N2O2. The molecule has 0 aromatic heterocycles. The lowest BCUT2D eigenvalue weighted by atomic mass is 9.99. The molecular weight excluding hydrogens is 252 g/mol. The SMILES string of the molecule is Cc1ccc(CC(CN)CNC(=O)OC(C)(C)C)cc1. The molecule has 0 saturated carbocycles. The Balaban J connectivity index is 2.43. The van der Waals surface area contributed by atoms with Gasteiger partial charge in [-0.2, -0.15) is 0 Å². The Labute approximate surface area is 121 Å². The summed E-state index contributed by atoms with van der Waals surface area (Å²) >= 11 is 0. The third-order valence-electron chi connectivity index (χ3n) is 2.91. The van der Waals surface area contributed by atoms with Crippen molar-refractivity contribution in [2.75, 3.05) is 13.1 Å². The number of hydrogen-bond acceptors (Lipinski definition) is 3. The van der Waals surface area contributed by atoms with E-state index in [1.165, 1.54) is 11.1 Å². The van der Waals surface area contributed by atoms with E-state index >= 15 is 0 Å². The van der Waals surface area contributed by atoms with Gasteiger partial charge in [-0.05, 0) is 52.1 Å². The van der Waals surface area contributed by atoms with Crippen molar-refractivity contribution < 1.29 is 9.53 Å². The van der Waals surface area contributed by atoms with Gasteiger partial charge in [0, 0.05) is 6.54 Å². The van der Waals surface area contributed by atoms with Crippen LogP contribution < -0.4 is 11.1 Å². The molecule has 1 atom stereocenters. The third kappa shape index (κ3) is 6.57. The van der Waals surface area contributed by atoms with Crippen LogP contribution in [-0.4, -0.2) is 24.8 Å². The van der Waals surface area contributed by atoms with Crippen molar-refractivity contribution in [3.05, 3.63) is 35.4 Å². The number of carbonyl (C=O) groups is 1. The molecule has 0 heterocycles. The van der Waals surface area contributed by atoms with Crippen molar-refractivity contribution >= 4 is 6.09 Å². The molecule has 1 amide bonds. The van der Waals surface area contributed by atoms with Crippen LogP contribution in [0.2, 0.25) is 0 Å². The summed E-state index contributed by atoms with van der Waals surface area (Å²) in [4.78, 5) is 11.6. The van der Waals surface area contributed by atoms with Crippen molar-refractivity contribution in [1.82, 2.24) is 5.32 Å². The molecule has 0 aliphatic carbocycles. The van der Waals surface area contributed by atoms with Crippen LogP contribution in [0.4, 0.5) is 4.79 Å². The maximum atomic E-state index is 11.6. The van der Waals surface area contributed by atoms with E-state index in [9.17, 15) is 4.79 Å². The van der Waals surface area contributed by atoms with Crippen LogP contribution in [0.25, 0.3) is 0 Å². The van der Waals surface area contributed by atoms with E-state index in [0.29, 0.717) is 13.1 Å². The standard InChI is InChI=1S/C16H26N2O2/c1-12-5-7-13(8-6-12)9-14(10-17)11-18-15(19)20-16(2,3)4/h5-8,14H,9-11,17H2,1-4H3,(H,18,19). The van der Waals surface area contributed by atoms with Crippen LogP contribution in [-0.2, 0) is 11.2 Å². The van der Waals surface area contributed by atoms with Crippen molar-refractivity contribution in [3.63, 3.8) is 0 Å². The van der Waals surface area contributed by atoms with Gasteiger partial charge in [-0.1, -0.05) is 29.8 Å². The van der Waals surface area contributed by atoms with Gasteiger partial charge in [0.05, 0.1) is 0 Å². The van der Waals surface area contributed by atoms with Gasteiger partial charge in [0.2, 0.25) is 0 Å². The molecule has 1 aromatic rings. The van der Waals surface area contributed by atoms with Gasteiger partial charge in [-0.25, -0.2) is 4.79 Å². The molecule has 1 aromatic carbocycles. The van der Waals surface area contributed by atoms with Crippen molar-refractivity contribution in [2.24, 2.45) is 11.7 Å². The number of nitrogens with one attached hydrogen (secondary N) is 1. The highest BCUT2D eigenvalue weighted by atomic mass is 16.6. The maximum absolute atomic E-state index is 11.6. The fraction of sp³-hybridized carbons (Fsp3) is 0.562. The number of amides is 1. The molecule has 0 spiro atoms. The smallest absolute Gasteiger partial charge is 0.407 e. The number of alkyl carbamates (subject to hydrolysis) is 1.